The Labute approximate surface area is 128 Å². The maximum absolute atomic E-state index is 12.1. The normalized spacial score (nSPS) is 21.5. The molecule has 1 aliphatic heterocycles. The summed E-state index contributed by atoms with van der Waals surface area (Å²) in [6.45, 7) is 6.40. The minimum Gasteiger partial charge on any atom is -0.315 e. The average molecular weight is 324 g/mol. The standard InChI is InChI=1S/C13H29N3O2S2/c1-4-20(17,18)13-12-19-11-10-16(13)9-7-14-6-5-8-15(2)3/h13-14H,4-12H2,1-3H3. The first-order chi connectivity index (χ1) is 9.47. The molecule has 0 saturated carbocycles. The molecule has 120 valence electrons. The molecule has 0 spiro atoms. The van der Waals surface area contributed by atoms with Crippen molar-refractivity contribution in [3.05, 3.63) is 0 Å². The van der Waals surface area contributed by atoms with E-state index < -0.39 is 9.84 Å². The molecule has 0 amide bonds. The van der Waals surface area contributed by atoms with E-state index in [-0.39, 0.29) is 11.1 Å². The van der Waals surface area contributed by atoms with Gasteiger partial charge in [0.05, 0.1) is 0 Å². The number of nitrogens with zero attached hydrogens (tertiary/aromatic N) is 2. The monoisotopic (exact) mass is 323 g/mol. The van der Waals surface area contributed by atoms with Gasteiger partial charge in [0.2, 0.25) is 0 Å². The van der Waals surface area contributed by atoms with Gasteiger partial charge in [-0.2, -0.15) is 11.8 Å². The molecule has 1 unspecified atom stereocenters. The molecule has 1 aliphatic rings. The number of hydrogen-bond acceptors (Lipinski definition) is 6. The summed E-state index contributed by atoms with van der Waals surface area (Å²) in [5.41, 5.74) is 0. The molecule has 0 radical (unpaired) electrons. The summed E-state index contributed by atoms with van der Waals surface area (Å²) in [4.78, 5) is 4.31. The molecule has 0 aromatic rings. The van der Waals surface area contributed by atoms with Crippen LogP contribution in [0.2, 0.25) is 0 Å². The molecule has 0 aromatic carbocycles. The fourth-order valence-corrected chi connectivity index (χ4v) is 5.37. The number of sulfone groups is 1. The first kappa shape index (κ1) is 18.2. The number of thioether (sulfide) groups is 1. The third-order valence-electron chi connectivity index (χ3n) is 3.54. The van der Waals surface area contributed by atoms with E-state index in [1.165, 1.54) is 0 Å². The van der Waals surface area contributed by atoms with Gasteiger partial charge < -0.3 is 10.2 Å². The van der Waals surface area contributed by atoms with E-state index in [2.05, 4.69) is 29.2 Å². The highest BCUT2D eigenvalue weighted by Gasteiger charge is 2.32. The van der Waals surface area contributed by atoms with Gasteiger partial charge in [0.15, 0.2) is 9.84 Å². The molecule has 1 rings (SSSR count). The van der Waals surface area contributed by atoms with Crippen molar-refractivity contribution in [2.24, 2.45) is 0 Å². The summed E-state index contributed by atoms with van der Waals surface area (Å²) >= 11 is 1.75. The third kappa shape index (κ3) is 6.30. The Hall–Kier alpha value is 0.180. The van der Waals surface area contributed by atoms with Crippen molar-refractivity contribution in [3.8, 4) is 0 Å². The zero-order chi connectivity index (χ0) is 15.0. The molecular formula is C13H29N3O2S2. The SMILES string of the molecule is CCS(=O)(=O)C1CSCCN1CCNCCCN(C)C. The topological polar surface area (TPSA) is 52.7 Å². The third-order valence-corrected chi connectivity index (χ3v) is 6.87. The molecule has 0 aliphatic carbocycles. The number of hydrogen-bond donors (Lipinski definition) is 1. The maximum atomic E-state index is 12.1. The maximum Gasteiger partial charge on any atom is 0.166 e. The predicted octanol–water partition coefficient (Wildman–Crippen LogP) is 0.337. The van der Waals surface area contributed by atoms with Gasteiger partial charge in [0.1, 0.15) is 5.37 Å². The van der Waals surface area contributed by atoms with E-state index in [0.717, 1.165) is 50.7 Å². The lowest BCUT2D eigenvalue weighted by molar-refractivity contribution is 0.268. The van der Waals surface area contributed by atoms with E-state index in [0.29, 0.717) is 0 Å². The second-order valence-corrected chi connectivity index (χ2v) is 9.02. The lowest BCUT2D eigenvalue weighted by atomic mass is 10.4. The van der Waals surface area contributed by atoms with Crippen LogP contribution in [-0.2, 0) is 9.84 Å². The number of nitrogens with one attached hydrogen (secondary N) is 1. The van der Waals surface area contributed by atoms with Gasteiger partial charge in [-0.15, -0.1) is 0 Å². The van der Waals surface area contributed by atoms with E-state index in [4.69, 9.17) is 0 Å². The Balaban J connectivity index is 2.29. The first-order valence-electron chi connectivity index (χ1n) is 7.36. The summed E-state index contributed by atoms with van der Waals surface area (Å²) in [6, 6.07) is 0. The molecule has 7 heteroatoms. The molecule has 0 aromatic heterocycles. The van der Waals surface area contributed by atoms with Gasteiger partial charge >= 0.3 is 0 Å². The highest BCUT2D eigenvalue weighted by molar-refractivity contribution is 8.01. The minimum absolute atomic E-state index is 0.241. The molecule has 20 heavy (non-hydrogen) atoms. The van der Waals surface area contributed by atoms with Crippen LogP contribution in [0.25, 0.3) is 0 Å². The van der Waals surface area contributed by atoms with Crippen LogP contribution in [-0.4, -0.2) is 87.7 Å². The smallest absolute Gasteiger partial charge is 0.166 e. The Bertz CT molecular complexity index is 361. The van der Waals surface area contributed by atoms with Crippen molar-refractivity contribution < 1.29 is 8.42 Å². The zero-order valence-corrected chi connectivity index (χ0v) is 14.6. The van der Waals surface area contributed by atoms with E-state index in [1.807, 2.05) is 0 Å². The Morgan fingerprint density at radius 2 is 2.10 bits per heavy atom. The van der Waals surface area contributed by atoms with Gasteiger partial charge in [0, 0.05) is 36.9 Å². The second-order valence-electron chi connectivity index (χ2n) is 5.42. The molecule has 1 N–H and O–H groups in total. The Kier molecular flexibility index (Phi) is 8.43. The minimum atomic E-state index is -2.96. The fraction of sp³-hybridized carbons (Fsp3) is 1.00. The first-order valence-corrected chi connectivity index (χ1v) is 10.2. The molecule has 1 saturated heterocycles. The lowest BCUT2D eigenvalue weighted by Crippen LogP contribution is -2.49. The molecule has 1 heterocycles. The highest BCUT2D eigenvalue weighted by atomic mass is 32.2. The van der Waals surface area contributed by atoms with Crippen molar-refractivity contribution in [1.29, 1.82) is 0 Å². The van der Waals surface area contributed by atoms with Gasteiger partial charge in [0.25, 0.3) is 0 Å². The largest absolute Gasteiger partial charge is 0.315 e. The van der Waals surface area contributed by atoms with Gasteiger partial charge in [-0.25, -0.2) is 8.42 Å². The lowest BCUT2D eigenvalue weighted by Gasteiger charge is -2.34. The van der Waals surface area contributed by atoms with Crippen LogP contribution in [0.1, 0.15) is 13.3 Å². The van der Waals surface area contributed by atoms with E-state index in [1.54, 1.807) is 18.7 Å². The zero-order valence-electron chi connectivity index (χ0n) is 13.0. The molecule has 0 bridgehead atoms. The van der Waals surface area contributed by atoms with Crippen LogP contribution in [0.15, 0.2) is 0 Å². The highest BCUT2D eigenvalue weighted by Crippen LogP contribution is 2.20. The van der Waals surface area contributed by atoms with Gasteiger partial charge in [-0.3, -0.25) is 4.90 Å². The van der Waals surface area contributed by atoms with Crippen LogP contribution >= 0.6 is 11.8 Å². The van der Waals surface area contributed by atoms with Crippen molar-refractivity contribution in [1.82, 2.24) is 15.1 Å². The van der Waals surface area contributed by atoms with Crippen LogP contribution in [0.5, 0.6) is 0 Å². The van der Waals surface area contributed by atoms with Crippen molar-refractivity contribution in [3.63, 3.8) is 0 Å². The van der Waals surface area contributed by atoms with Crippen LogP contribution in [0.3, 0.4) is 0 Å². The Morgan fingerprint density at radius 3 is 2.75 bits per heavy atom. The number of rotatable bonds is 9. The van der Waals surface area contributed by atoms with E-state index in [9.17, 15) is 8.42 Å². The molecular weight excluding hydrogens is 294 g/mol. The second kappa shape index (κ2) is 9.25. The summed E-state index contributed by atoms with van der Waals surface area (Å²) in [6.07, 6.45) is 1.12. The van der Waals surface area contributed by atoms with Crippen LogP contribution in [0, 0.1) is 0 Å². The summed E-state index contributed by atoms with van der Waals surface area (Å²) in [5, 5.41) is 3.13. The quantitative estimate of drug-likeness (QED) is 0.618. The van der Waals surface area contributed by atoms with E-state index >= 15 is 0 Å². The van der Waals surface area contributed by atoms with Crippen LogP contribution < -0.4 is 5.32 Å². The summed E-state index contributed by atoms with van der Waals surface area (Å²) in [7, 11) is 1.19. The van der Waals surface area contributed by atoms with Crippen molar-refractivity contribution >= 4 is 21.6 Å². The van der Waals surface area contributed by atoms with Crippen molar-refractivity contribution in [2.45, 2.75) is 18.7 Å². The van der Waals surface area contributed by atoms with Gasteiger partial charge in [-0.05, 0) is 33.6 Å². The van der Waals surface area contributed by atoms with Crippen molar-refractivity contribution in [2.75, 3.05) is 64.1 Å². The Morgan fingerprint density at radius 1 is 1.35 bits per heavy atom. The molecule has 5 nitrogen and oxygen atoms in total. The van der Waals surface area contributed by atoms with Crippen LogP contribution in [0.4, 0.5) is 0 Å². The fourth-order valence-electron chi connectivity index (χ4n) is 2.26. The average Bonchev–Trinajstić information content (AvgIpc) is 2.42. The summed E-state index contributed by atoms with van der Waals surface area (Å²) < 4.78 is 24.2. The molecule has 1 atom stereocenters. The predicted molar refractivity (Wildman–Crippen MR) is 88.2 cm³/mol. The van der Waals surface area contributed by atoms with Gasteiger partial charge in [-0.1, -0.05) is 6.92 Å². The molecule has 1 fully saturated rings. The summed E-state index contributed by atoms with van der Waals surface area (Å²) in [5.74, 6) is 2.00.